The number of benzene rings is 2. The van der Waals surface area contributed by atoms with Crippen LogP contribution in [-0.4, -0.2) is 34.1 Å². The Labute approximate surface area is 174 Å². The van der Waals surface area contributed by atoms with Gasteiger partial charge in [0, 0.05) is 24.6 Å². The van der Waals surface area contributed by atoms with Gasteiger partial charge in [-0.3, -0.25) is 4.79 Å². The maximum absolute atomic E-state index is 13.0. The highest BCUT2D eigenvalue weighted by Crippen LogP contribution is 2.29. The predicted molar refractivity (Wildman–Crippen MR) is 112 cm³/mol. The lowest BCUT2D eigenvalue weighted by atomic mass is 9.92. The van der Waals surface area contributed by atoms with Crippen molar-refractivity contribution < 1.29 is 13.9 Å². The van der Waals surface area contributed by atoms with Gasteiger partial charge in [0.25, 0.3) is 5.91 Å². The van der Waals surface area contributed by atoms with E-state index in [1.807, 2.05) is 17.9 Å². The number of nitrogen functional groups attached to an aromatic ring is 1. The fourth-order valence-corrected chi connectivity index (χ4v) is 3.58. The van der Waals surface area contributed by atoms with Gasteiger partial charge in [-0.15, -0.1) is 5.10 Å². The Hall–Kier alpha value is -3.48. The van der Waals surface area contributed by atoms with Gasteiger partial charge in [-0.2, -0.15) is 5.10 Å². The average molecular weight is 406 g/mol. The van der Waals surface area contributed by atoms with E-state index in [-0.39, 0.29) is 17.6 Å². The molecule has 0 atom stereocenters. The fraction of sp³-hybridized carbons (Fsp3) is 0.261. The monoisotopic (exact) mass is 406 g/mol. The Morgan fingerprint density at radius 2 is 1.63 bits per heavy atom. The van der Waals surface area contributed by atoms with E-state index in [0.717, 1.165) is 24.1 Å². The van der Waals surface area contributed by atoms with E-state index >= 15 is 0 Å². The van der Waals surface area contributed by atoms with Crippen LogP contribution in [0.25, 0.3) is 0 Å². The topological polar surface area (TPSA) is 81.3 Å². The second-order valence-corrected chi connectivity index (χ2v) is 7.48. The maximum atomic E-state index is 13.0. The van der Waals surface area contributed by atoms with Crippen LogP contribution in [0.5, 0.6) is 11.5 Å². The highest BCUT2D eigenvalue weighted by molar-refractivity contribution is 5.94. The van der Waals surface area contributed by atoms with Crippen molar-refractivity contribution >= 4 is 11.7 Å². The smallest absolute Gasteiger partial charge is 0.253 e. The van der Waals surface area contributed by atoms with Crippen LogP contribution < -0.4 is 10.5 Å². The maximum Gasteiger partial charge on any atom is 0.253 e. The molecule has 1 aromatic heterocycles. The summed E-state index contributed by atoms with van der Waals surface area (Å²) in [6.45, 7) is 3.26. The summed E-state index contributed by atoms with van der Waals surface area (Å²) in [5.74, 6) is 1.56. The number of nitrogens with zero attached hydrogens (tertiary/aromatic N) is 3. The molecule has 4 rings (SSSR count). The Morgan fingerprint density at radius 3 is 2.23 bits per heavy atom. The molecule has 2 aromatic carbocycles. The van der Waals surface area contributed by atoms with Gasteiger partial charge < -0.3 is 15.4 Å². The van der Waals surface area contributed by atoms with E-state index in [9.17, 15) is 9.18 Å². The lowest BCUT2D eigenvalue weighted by Gasteiger charge is -2.31. The van der Waals surface area contributed by atoms with Gasteiger partial charge in [-0.25, -0.2) is 4.39 Å². The number of aryl methyl sites for hydroxylation is 1. The van der Waals surface area contributed by atoms with Crippen LogP contribution in [0.1, 0.15) is 40.4 Å². The summed E-state index contributed by atoms with van der Waals surface area (Å²) in [6.07, 6.45) is 1.69. The van der Waals surface area contributed by atoms with Gasteiger partial charge in [0.1, 0.15) is 23.1 Å². The van der Waals surface area contributed by atoms with Gasteiger partial charge in [0.05, 0.1) is 5.69 Å². The molecule has 1 aliphatic heterocycles. The Bertz CT molecular complexity index is 1030. The number of rotatable bonds is 4. The molecule has 7 heteroatoms. The molecule has 154 valence electrons. The Morgan fingerprint density at radius 1 is 1.03 bits per heavy atom. The molecule has 0 unspecified atom stereocenters. The molecular formula is C23H23FN4O2. The van der Waals surface area contributed by atoms with E-state index in [2.05, 4.69) is 10.2 Å². The first-order valence-corrected chi connectivity index (χ1v) is 9.92. The van der Waals surface area contributed by atoms with Crippen molar-refractivity contribution in [2.45, 2.75) is 25.7 Å². The number of amides is 1. The first-order valence-electron chi connectivity index (χ1n) is 9.92. The molecule has 1 amide bonds. The lowest BCUT2D eigenvalue weighted by Crippen LogP contribution is -2.38. The molecule has 30 heavy (non-hydrogen) atoms. The van der Waals surface area contributed by atoms with E-state index in [1.54, 1.807) is 36.4 Å². The summed E-state index contributed by atoms with van der Waals surface area (Å²) >= 11 is 0. The number of anilines is 1. The number of carbonyl (C=O) groups is 1. The minimum atomic E-state index is -0.314. The van der Waals surface area contributed by atoms with Gasteiger partial charge in [-0.05, 0) is 79.9 Å². The molecule has 0 radical (unpaired) electrons. The van der Waals surface area contributed by atoms with Gasteiger partial charge in [0.2, 0.25) is 0 Å². The summed E-state index contributed by atoms with van der Waals surface area (Å²) in [7, 11) is 0. The second-order valence-electron chi connectivity index (χ2n) is 7.48. The van der Waals surface area contributed by atoms with Crippen LogP contribution >= 0.6 is 0 Å². The SMILES string of the molecule is Cc1cc(C2CCN(C(=O)c3ccc(Oc4ccc(F)cc4)cc3)CC2)nnc1N. The molecule has 1 aliphatic rings. The number of piperidine rings is 1. The molecule has 1 fully saturated rings. The Kier molecular flexibility index (Phi) is 5.61. The lowest BCUT2D eigenvalue weighted by molar-refractivity contribution is 0.0712. The van der Waals surface area contributed by atoms with Crippen molar-refractivity contribution in [2.75, 3.05) is 18.8 Å². The zero-order valence-corrected chi connectivity index (χ0v) is 16.7. The molecule has 3 aromatic rings. The third-order valence-electron chi connectivity index (χ3n) is 5.39. The average Bonchev–Trinajstić information content (AvgIpc) is 2.77. The van der Waals surface area contributed by atoms with Crippen LogP contribution in [0.15, 0.2) is 54.6 Å². The van der Waals surface area contributed by atoms with Gasteiger partial charge in [-0.1, -0.05) is 0 Å². The predicted octanol–water partition coefficient (Wildman–Crippen LogP) is 4.32. The number of hydrogen-bond acceptors (Lipinski definition) is 5. The van der Waals surface area contributed by atoms with E-state index in [1.165, 1.54) is 12.1 Å². The number of hydrogen-bond donors (Lipinski definition) is 1. The summed E-state index contributed by atoms with van der Waals surface area (Å²) < 4.78 is 18.7. The third-order valence-corrected chi connectivity index (χ3v) is 5.39. The third kappa shape index (κ3) is 4.40. The number of aromatic nitrogens is 2. The fourth-order valence-electron chi connectivity index (χ4n) is 3.58. The number of carbonyl (C=O) groups excluding carboxylic acids is 1. The summed E-state index contributed by atoms with van der Waals surface area (Å²) in [6, 6.07) is 14.8. The molecule has 0 saturated carbocycles. The molecule has 2 heterocycles. The standard InChI is InChI=1S/C23H23FN4O2/c1-15-14-21(26-27-22(15)25)16-10-12-28(13-11-16)23(29)17-2-6-19(7-3-17)30-20-8-4-18(24)5-9-20/h2-9,14,16H,10-13H2,1H3,(H2,25,27). The van der Waals surface area contributed by atoms with Crippen molar-refractivity contribution in [2.24, 2.45) is 0 Å². The van der Waals surface area contributed by atoms with Crippen LogP contribution in [0.4, 0.5) is 10.2 Å². The molecular weight excluding hydrogens is 383 g/mol. The molecule has 0 bridgehead atoms. The van der Waals surface area contributed by atoms with Crippen molar-refractivity contribution in [1.29, 1.82) is 0 Å². The van der Waals surface area contributed by atoms with Crippen LogP contribution in [0, 0.1) is 12.7 Å². The van der Waals surface area contributed by atoms with E-state index in [4.69, 9.17) is 10.5 Å². The van der Waals surface area contributed by atoms with Crippen LogP contribution in [0.3, 0.4) is 0 Å². The minimum Gasteiger partial charge on any atom is -0.457 e. The zero-order chi connectivity index (χ0) is 21.1. The van der Waals surface area contributed by atoms with Crippen molar-refractivity contribution in [1.82, 2.24) is 15.1 Å². The molecule has 1 saturated heterocycles. The summed E-state index contributed by atoms with van der Waals surface area (Å²) in [5, 5.41) is 8.24. The zero-order valence-electron chi connectivity index (χ0n) is 16.7. The number of halogens is 1. The van der Waals surface area contributed by atoms with E-state index in [0.29, 0.717) is 36.0 Å². The molecule has 0 aliphatic carbocycles. The molecule has 0 spiro atoms. The second kappa shape index (κ2) is 8.49. The first-order chi connectivity index (χ1) is 14.5. The molecule has 6 nitrogen and oxygen atoms in total. The van der Waals surface area contributed by atoms with Crippen molar-refractivity contribution in [3.63, 3.8) is 0 Å². The quantitative estimate of drug-likeness (QED) is 0.698. The van der Waals surface area contributed by atoms with Gasteiger partial charge >= 0.3 is 0 Å². The highest BCUT2D eigenvalue weighted by atomic mass is 19.1. The van der Waals surface area contributed by atoms with Crippen molar-refractivity contribution in [3.8, 4) is 11.5 Å². The summed E-state index contributed by atoms with van der Waals surface area (Å²) in [4.78, 5) is 14.7. The minimum absolute atomic E-state index is 0.00125. The first kappa shape index (κ1) is 19.8. The van der Waals surface area contributed by atoms with E-state index < -0.39 is 0 Å². The highest BCUT2D eigenvalue weighted by Gasteiger charge is 2.26. The van der Waals surface area contributed by atoms with Crippen LogP contribution in [-0.2, 0) is 0 Å². The number of nitrogens with two attached hydrogens (primary N) is 1. The summed E-state index contributed by atoms with van der Waals surface area (Å²) in [5.41, 5.74) is 8.24. The number of ether oxygens (including phenoxy) is 1. The van der Waals surface area contributed by atoms with Gasteiger partial charge in [0.15, 0.2) is 0 Å². The van der Waals surface area contributed by atoms with Crippen molar-refractivity contribution in [3.05, 3.63) is 77.2 Å². The molecule has 2 N–H and O–H groups in total. The normalized spacial score (nSPS) is 14.5. The van der Waals surface area contributed by atoms with Crippen LogP contribution in [0.2, 0.25) is 0 Å². The number of likely N-dealkylation sites (tertiary alicyclic amines) is 1. The largest absolute Gasteiger partial charge is 0.457 e. The Balaban J connectivity index is 1.35.